The van der Waals surface area contributed by atoms with E-state index in [2.05, 4.69) is 0 Å². The second-order valence-corrected chi connectivity index (χ2v) is 3.45. The quantitative estimate of drug-likeness (QED) is 0.636. The smallest absolute Gasteiger partial charge is 0.328 e. The number of hydrogen-bond donors (Lipinski definition) is 1. The van der Waals surface area contributed by atoms with Gasteiger partial charge < -0.3 is 5.11 Å². The maximum Gasteiger partial charge on any atom is 0.328 e. The minimum atomic E-state index is -0.957. The summed E-state index contributed by atoms with van der Waals surface area (Å²) in [5, 5.41) is 26.1. The zero-order chi connectivity index (χ0) is 10.6. The summed E-state index contributed by atoms with van der Waals surface area (Å²) in [5.41, 5.74) is -0.0748. The van der Waals surface area contributed by atoms with Crippen LogP contribution in [-0.2, 0) is 4.79 Å². The van der Waals surface area contributed by atoms with Crippen molar-refractivity contribution in [2.24, 2.45) is 5.41 Å². The van der Waals surface area contributed by atoms with Crippen molar-refractivity contribution < 1.29 is 9.90 Å². The molecule has 0 aromatic heterocycles. The van der Waals surface area contributed by atoms with Gasteiger partial charge in [-0.2, -0.15) is 10.5 Å². The number of carboxylic acids is 1. The molecule has 14 heavy (non-hydrogen) atoms. The summed E-state index contributed by atoms with van der Waals surface area (Å²) in [5.74, 6) is -0.957. The number of carboxylic acid groups (broad SMARTS) is 1. The topological polar surface area (TPSA) is 84.9 Å². The molecule has 1 aliphatic carbocycles. The van der Waals surface area contributed by atoms with Crippen LogP contribution in [0.5, 0.6) is 0 Å². The van der Waals surface area contributed by atoms with Crippen molar-refractivity contribution in [1.29, 1.82) is 10.5 Å². The molecule has 0 amide bonds. The second-order valence-electron chi connectivity index (χ2n) is 3.45. The van der Waals surface area contributed by atoms with Crippen molar-refractivity contribution >= 4 is 5.97 Å². The molecule has 0 radical (unpaired) electrons. The van der Waals surface area contributed by atoms with Crippen LogP contribution in [0.25, 0.3) is 0 Å². The minimum absolute atomic E-state index is 0.444. The van der Waals surface area contributed by atoms with E-state index in [0.717, 1.165) is 5.57 Å². The van der Waals surface area contributed by atoms with E-state index in [1.165, 1.54) is 6.08 Å². The van der Waals surface area contributed by atoms with Gasteiger partial charge in [-0.15, -0.1) is 0 Å². The first kappa shape index (κ1) is 10.3. The summed E-state index contributed by atoms with van der Waals surface area (Å²) in [6.07, 6.45) is 3.14. The zero-order valence-electron chi connectivity index (χ0n) is 7.66. The molecule has 0 bridgehead atoms. The largest absolute Gasteiger partial charge is 0.478 e. The lowest BCUT2D eigenvalue weighted by Crippen LogP contribution is -2.21. The number of nitrogens with zero attached hydrogens (tertiary/aromatic N) is 2. The number of nitriles is 2. The summed E-state index contributed by atoms with van der Waals surface area (Å²) in [6, 6.07) is 4.01. The van der Waals surface area contributed by atoms with Gasteiger partial charge in [-0.3, -0.25) is 0 Å². The lowest BCUT2D eigenvalue weighted by atomic mass is 9.74. The predicted octanol–water partition coefficient (Wildman–Crippen LogP) is 1.60. The van der Waals surface area contributed by atoms with Gasteiger partial charge in [0, 0.05) is 6.08 Å². The molecule has 0 heterocycles. The Morgan fingerprint density at radius 2 is 1.86 bits per heavy atom. The average molecular weight is 190 g/mol. The van der Waals surface area contributed by atoms with Gasteiger partial charge >= 0.3 is 5.97 Å². The van der Waals surface area contributed by atoms with Crippen molar-refractivity contribution in [2.45, 2.75) is 25.7 Å². The Bertz CT molecular complexity index is 331. The fourth-order valence-electron chi connectivity index (χ4n) is 1.57. The zero-order valence-corrected chi connectivity index (χ0v) is 7.66. The van der Waals surface area contributed by atoms with E-state index in [-0.39, 0.29) is 0 Å². The van der Waals surface area contributed by atoms with Crippen LogP contribution < -0.4 is 0 Å². The molecule has 0 atom stereocenters. The van der Waals surface area contributed by atoms with Gasteiger partial charge in [-0.05, 0) is 25.7 Å². The molecular weight excluding hydrogens is 180 g/mol. The Kier molecular flexibility index (Phi) is 2.89. The highest BCUT2D eigenvalue weighted by Gasteiger charge is 2.33. The normalized spacial score (nSPS) is 19.1. The van der Waals surface area contributed by atoms with Crippen molar-refractivity contribution in [2.75, 3.05) is 0 Å². The van der Waals surface area contributed by atoms with E-state index in [1.807, 2.05) is 12.1 Å². The van der Waals surface area contributed by atoms with E-state index in [0.29, 0.717) is 25.7 Å². The first-order chi connectivity index (χ1) is 6.62. The third-order valence-corrected chi connectivity index (χ3v) is 2.50. The molecule has 4 nitrogen and oxygen atoms in total. The molecule has 1 rings (SSSR count). The maximum atomic E-state index is 10.4. The molecule has 0 aliphatic heterocycles. The average Bonchev–Trinajstić information content (AvgIpc) is 2.19. The molecule has 0 aromatic carbocycles. The summed E-state index contributed by atoms with van der Waals surface area (Å²) in [4.78, 5) is 10.4. The Labute approximate surface area is 82.1 Å². The van der Waals surface area contributed by atoms with E-state index in [1.54, 1.807) is 0 Å². The van der Waals surface area contributed by atoms with Crippen LogP contribution in [0.4, 0.5) is 0 Å². The van der Waals surface area contributed by atoms with E-state index < -0.39 is 11.4 Å². The van der Waals surface area contributed by atoms with Gasteiger partial charge in [0.25, 0.3) is 0 Å². The summed E-state index contributed by atoms with van der Waals surface area (Å²) < 4.78 is 0. The molecule has 1 aliphatic rings. The molecular formula is C10H10N2O2. The van der Waals surface area contributed by atoms with Crippen LogP contribution in [0.1, 0.15) is 25.7 Å². The Morgan fingerprint density at radius 3 is 2.21 bits per heavy atom. The maximum absolute atomic E-state index is 10.4. The fourth-order valence-corrected chi connectivity index (χ4v) is 1.57. The van der Waals surface area contributed by atoms with Gasteiger partial charge in [0.1, 0.15) is 5.41 Å². The molecule has 4 heteroatoms. The second kappa shape index (κ2) is 3.93. The molecule has 0 spiro atoms. The number of aliphatic carboxylic acids is 1. The highest BCUT2D eigenvalue weighted by atomic mass is 16.4. The molecule has 1 fully saturated rings. The third-order valence-electron chi connectivity index (χ3n) is 2.50. The molecule has 72 valence electrons. The minimum Gasteiger partial charge on any atom is -0.478 e. The van der Waals surface area contributed by atoms with Crippen molar-refractivity contribution in [3.8, 4) is 12.1 Å². The van der Waals surface area contributed by atoms with Crippen LogP contribution >= 0.6 is 0 Å². The summed E-state index contributed by atoms with van der Waals surface area (Å²) >= 11 is 0. The van der Waals surface area contributed by atoms with E-state index >= 15 is 0 Å². The lowest BCUT2D eigenvalue weighted by Gasteiger charge is -2.24. The number of allylic oxidation sites excluding steroid dienone is 1. The van der Waals surface area contributed by atoms with Crippen LogP contribution in [0, 0.1) is 28.1 Å². The highest BCUT2D eigenvalue weighted by Crippen LogP contribution is 2.37. The van der Waals surface area contributed by atoms with Crippen molar-refractivity contribution in [3.05, 3.63) is 11.6 Å². The van der Waals surface area contributed by atoms with Gasteiger partial charge in [0.2, 0.25) is 0 Å². The summed E-state index contributed by atoms with van der Waals surface area (Å²) in [6.45, 7) is 0. The van der Waals surface area contributed by atoms with Crippen LogP contribution in [0.15, 0.2) is 11.6 Å². The van der Waals surface area contributed by atoms with Crippen molar-refractivity contribution in [1.82, 2.24) is 0 Å². The first-order valence-corrected chi connectivity index (χ1v) is 4.37. The van der Waals surface area contributed by atoms with Crippen LogP contribution in [-0.4, -0.2) is 11.1 Å². The molecule has 0 aromatic rings. The fraction of sp³-hybridized carbons (Fsp3) is 0.500. The summed E-state index contributed by atoms with van der Waals surface area (Å²) in [7, 11) is 0. The predicted molar refractivity (Wildman–Crippen MR) is 47.8 cm³/mol. The molecule has 1 saturated carbocycles. The first-order valence-electron chi connectivity index (χ1n) is 4.37. The van der Waals surface area contributed by atoms with Crippen LogP contribution in [0.2, 0.25) is 0 Å². The van der Waals surface area contributed by atoms with Crippen LogP contribution in [0.3, 0.4) is 0 Å². The number of carbonyl (C=O) groups is 1. The lowest BCUT2D eigenvalue weighted by molar-refractivity contribution is -0.131. The third kappa shape index (κ3) is 2.11. The number of hydrogen-bond acceptors (Lipinski definition) is 3. The standard InChI is InChI=1S/C10H10N2O2/c11-6-10(7-12)3-1-8(2-4-10)5-9(13)14/h5H,1-4H2,(H,13,14). The van der Waals surface area contributed by atoms with E-state index in [9.17, 15) is 4.79 Å². The SMILES string of the molecule is N#CC1(C#N)CCC(=CC(=O)O)CC1. The van der Waals surface area contributed by atoms with Gasteiger partial charge in [-0.1, -0.05) is 5.57 Å². The monoisotopic (exact) mass is 190 g/mol. The van der Waals surface area contributed by atoms with Gasteiger partial charge in [-0.25, -0.2) is 4.79 Å². The number of rotatable bonds is 1. The Balaban J connectivity index is 2.69. The van der Waals surface area contributed by atoms with Gasteiger partial charge in [0.15, 0.2) is 0 Å². The van der Waals surface area contributed by atoms with Crippen molar-refractivity contribution in [3.63, 3.8) is 0 Å². The molecule has 0 saturated heterocycles. The Morgan fingerprint density at radius 1 is 1.36 bits per heavy atom. The molecule has 0 unspecified atom stereocenters. The van der Waals surface area contributed by atoms with E-state index in [4.69, 9.17) is 15.6 Å². The molecule has 1 N–H and O–H groups in total. The highest BCUT2D eigenvalue weighted by molar-refractivity contribution is 5.80. The Hall–Kier alpha value is -1.81. The van der Waals surface area contributed by atoms with Gasteiger partial charge in [0.05, 0.1) is 12.1 Å².